The van der Waals surface area contributed by atoms with E-state index in [0.29, 0.717) is 15.1 Å². The molecule has 0 radical (unpaired) electrons. The fourth-order valence-electron chi connectivity index (χ4n) is 3.19. The van der Waals surface area contributed by atoms with E-state index in [1.165, 1.54) is 12.1 Å². The van der Waals surface area contributed by atoms with E-state index in [0.717, 1.165) is 6.07 Å². The minimum atomic E-state index is -5.97. The van der Waals surface area contributed by atoms with Crippen molar-refractivity contribution < 1.29 is 31.4 Å². The van der Waals surface area contributed by atoms with Crippen LogP contribution in [0.1, 0.15) is 16.8 Å². The largest absolute Gasteiger partial charge is 0.430 e. The summed E-state index contributed by atoms with van der Waals surface area (Å²) in [6, 6.07) is 10.2. The van der Waals surface area contributed by atoms with Crippen LogP contribution in [0.25, 0.3) is 10.9 Å². The van der Waals surface area contributed by atoms with Gasteiger partial charge in [-0.05, 0) is 42.7 Å². The van der Waals surface area contributed by atoms with Gasteiger partial charge >= 0.3 is 12.4 Å². The number of alkyl halides is 6. The molecule has 1 aromatic heterocycles. The van der Waals surface area contributed by atoms with Crippen molar-refractivity contribution in [3.05, 3.63) is 68.8 Å². The summed E-state index contributed by atoms with van der Waals surface area (Å²) in [5, 5.41) is 10.1. The van der Waals surface area contributed by atoms with Gasteiger partial charge in [0, 0.05) is 31.7 Å². The van der Waals surface area contributed by atoms with Crippen LogP contribution in [-0.4, -0.2) is 22.4 Å². The highest BCUT2D eigenvalue weighted by Gasteiger charge is 2.72. The summed E-state index contributed by atoms with van der Waals surface area (Å²) >= 11 is 8.93. The monoisotopic (exact) mass is 499 g/mol. The smallest absolute Gasteiger partial charge is 0.369 e. The lowest BCUT2D eigenvalue weighted by Crippen LogP contribution is -2.54. The molecule has 0 atom stereocenters. The molecule has 10 heteroatoms. The van der Waals surface area contributed by atoms with E-state index < -0.39 is 23.5 Å². The van der Waals surface area contributed by atoms with Gasteiger partial charge < -0.3 is 10.1 Å². The summed E-state index contributed by atoms with van der Waals surface area (Å²) < 4.78 is 81.8. The van der Waals surface area contributed by atoms with Gasteiger partial charge in [0.1, 0.15) is 0 Å². The molecular formula is C19H13BrClF6NO. The predicted octanol–water partition coefficient (Wildman–Crippen LogP) is 6.68. The maximum absolute atomic E-state index is 13.6. The third-order valence-corrected chi connectivity index (χ3v) is 5.34. The molecule has 0 unspecified atom stereocenters. The summed E-state index contributed by atoms with van der Waals surface area (Å²) in [7, 11) is 0. The second kappa shape index (κ2) is 7.52. The molecule has 0 aliphatic carbocycles. The molecular weight excluding hydrogens is 488 g/mol. The van der Waals surface area contributed by atoms with Crippen molar-refractivity contribution in [1.29, 1.82) is 0 Å². The highest BCUT2D eigenvalue weighted by molar-refractivity contribution is 9.10. The zero-order valence-electron chi connectivity index (χ0n) is 14.4. The van der Waals surface area contributed by atoms with Crippen LogP contribution < -0.4 is 0 Å². The Hall–Kier alpha value is -1.71. The van der Waals surface area contributed by atoms with Gasteiger partial charge in [0.2, 0.25) is 0 Å². The molecule has 0 amide bonds. The Labute approximate surface area is 174 Å². The molecule has 29 heavy (non-hydrogen) atoms. The van der Waals surface area contributed by atoms with Crippen LogP contribution in [0.15, 0.2) is 46.9 Å². The number of hydrogen-bond acceptors (Lipinski definition) is 1. The number of H-pyrrole nitrogens is 1. The predicted molar refractivity (Wildman–Crippen MR) is 101 cm³/mol. The molecule has 0 bridgehead atoms. The van der Waals surface area contributed by atoms with Crippen molar-refractivity contribution in [1.82, 2.24) is 4.98 Å². The number of aromatic amines is 1. The number of aryl methyl sites for hydroxylation is 2. The number of rotatable bonds is 4. The summed E-state index contributed by atoms with van der Waals surface area (Å²) in [4.78, 5) is 2.62. The number of aromatic nitrogens is 1. The lowest BCUT2D eigenvalue weighted by molar-refractivity contribution is -0.375. The summed E-state index contributed by atoms with van der Waals surface area (Å²) in [5.41, 5.74) is -5.86. The van der Waals surface area contributed by atoms with Crippen LogP contribution in [0, 0.1) is 0 Å². The fourth-order valence-corrected chi connectivity index (χ4v) is 3.68. The van der Waals surface area contributed by atoms with Crippen molar-refractivity contribution >= 4 is 38.4 Å². The van der Waals surface area contributed by atoms with Gasteiger partial charge in [-0.1, -0.05) is 45.7 Å². The molecule has 0 aliphatic rings. The molecule has 2 N–H and O–H groups in total. The normalized spacial score (nSPS) is 13.3. The first-order valence-corrected chi connectivity index (χ1v) is 9.42. The molecule has 1 heterocycles. The zero-order chi connectivity index (χ0) is 21.6. The third kappa shape index (κ3) is 4.00. The van der Waals surface area contributed by atoms with Crippen LogP contribution >= 0.6 is 27.5 Å². The van der Waals surface area contributed by atoms with E-state index in [2.05, 4.69) is 20.9 Å². The van der Waals surface area contributed by atoms with Gasteiger partial charge in [-0.15, -0.1) is 0 Å². The van der Waals surface area contributed by atoms with Crippen molar-refractivity contribution in [3.8, 4) is 0 Å². The average molecular weight is 501 g/mol. The van der Waals surface area contributed by atoms with Gasteiger partial charge in [0.25, 0.3) is 5.60 Å². The van der Waals surface area contributed by atoms with Crippen molar-refractivity contribution in [2.45, 2.75) is 30.8 Å². The van der Waals surface area contributed by atoms with Crippen molar-refractivity contribution in [3.63, 3.8) is 0 Å². The minimum Gasteiger partial charge on any atom is -0.369 e. The molecule has 2 nitrogen and oxygen atoms in total. The van der Waals surface area contributed by atoms with Crippen molar-refractivity contribution in [2.75, 3.05) is 0 Å². The standard InChI is InChI=1S/C19H13BrClF6NO/c20-11-4-7-13-15(9-11)28-14(8-3-10-1-5-12(21)6-2-10)16(13)17(29,18(22,23)24)19(25,26)27/h1-2,4-7,9,28-29H,3,8H2. The van der Waals surface area contributed by atoms with Gasteiger partial charge in [0.05, 0.1) is 0 Å². The van der Waals surface area contributed by atoms with E-state index in [4.69, 9.17) is 11.6 Å². The molecule has 3 aromatic rings. The van der Waals surface area contributed by atoms with Crippen LogP contribution in [0.4, 0.5) is 26.3 Å². The van der Waals surface area contributed by atoms with E-state index in [1.54, 1.807) is 24.3 Å². The Morgan fingerprint density at radius 1 is 0.897 bits per heavy atom. The van der Waals surface area contributed by atoms with Crippen LogP contribution in [0.5, 0.6) is 0 Å². The van der Waals surface area contributed by atoms with Crippen LogP contribution in [0.2, 0.25) is 5.02 Å². The summed E-state index contributed by atoms with van der Waals surface area (Å²) in [6.07, 6.45) is -12.0. The maximum Gasteiger partial charge on any atom is 0.430 e. The number of nitrogens with one attached hydrogen (secondary N) is 1. The van der Waals surface area contributed by atoms with Gasteiger partial charge in [-0.25, -0.2) is 0 Å². The first-order valence-electron chi connectivity index (χ1n) is 8.25. The maximum atomic E-state index is 13.6. The second-order valence-electron chi connectivity index (χ2n) is 6.50. The topological polar surface area (TPSA) is 36.0 Å². The first-order chi connectivity index (χ1) is 13.3. The summed E-state index contributed by atoms with van der Waals surface area (Å²) in [5.74, 6) is 0. The van der Waals surface area contributed by atoms with E-state index in [-0.39, 0.29) is 29.4 Å². The Bertz CT molecular complexity index is 1010. The van der Waals surface area contributed by atoms with Gasteiger partial charge in [-0.2, -0.15) is 26.3 Å². The molecule has 0 fully saturated rings. The lowest BCUT2D eigenvalue weighted by Gasteiger charge is -2.33. The minimum absolute atomic E-state index is 0.0485. The third-order valence-electron chi connectivity index (χ3n) is 4.60. The molecule has 2 aromatic carbocycles. The highest BCUT2D eigenvalue weighted by atomic mass is 79.9. The molecule has 0 saturated carbocycles. The Morgan fingerprint density at radius 2 is 1.48 bits per heavy atom. The molecule has 3 rings (SSSR count). The lowest BCUT2D eigenvalue weighted by atomic mass is 9.88. The zero-order valence-corrected chi connectivity index (χ0v) is 16.8. The van der Waals surface area contributed by atoms with E-state index >= 15 is 0 Å². The quantitative estimate of drug-likeness (QED) is 0.385. The van der Waals surface area contributed by atoms with Gasteiger partial charge in [-0.3, -0.25) is 0 Å². The van der Waals surface area contributed by atoms with Crippen LogP contribution in [-0.2, 0) is 18.4 Å². The van der Waals surface area contributed by atoms with Crippen LogP contribution in [0.3, 0.4) is 0 Å². The highest BCUT2D eigenvalue weighted by Crippen LogP contribution is 2.53. The summed E-state index contributed by atoms with van der Waals surface area (Å²) in [6.45, 7) is 0. The molecule has 0 spiro atoms. The fraction of sp³-hybridized carbons (Fsp3) is 0.263. The Kier molecular flexibility index (Phi) is 5.70. The molecule has 156 valence electrons. The van der Waals surface area contributed by atoms with E-state index in [9.17, 15) is 31.4 Å². The number of benzene rings is 2. The number of hydrogen-bond donors (Lipinski definition) is 2. The van der Waals surface area contributed by atoms with Gasteiger partial charge in [0.15, 0.2) is 0 Å². The number of aliphatic hydroxyl groups is 1. The Balaban J connectivity index is 2.18. The Morgan fingerprint density at radius 3 is 2.03 bits per heavy atom. The SMILES string of the molecule is OC(c1c(CCc2ccc(Cl)cc2)[nH]c2cc(Br)ccc12)(C(F)(F)F)C(F)(F)F. The number of halogens is 8. The number of fused-ring (bicyclic) bond motifs is 1. The molecule has 0 aliphatic heterocycles. The average Bonchev–Trinajstić information content (AvgIpc) is 2.96. The first kappa shape index (κ1) is 22.0. The van der Waals surface area contributed by atoms with E-state index in [1.807, 2.05) is 0 Å². The second-order valence-corrected chi connectivity index (χ2v) is 7.85. The molecule has 0 saturated heterocycles. The van der Waals surface area contributed by atoms with Crippen molar-refractivity contribution in [2.24, 2.45) is 0 Å².